The summed E-state index contributed by atoms with van der Waals surface area (Å²) in [6, 6.07) is 0.682. The van der Waals surface area contributed by atoms with E-state index in [1.165, 1.54) is 12.8 Å². The zero-order valence-electron chi connectivity index (χ0n) is 9.05. The second-order valence-corrected chi connectivity index (χ2v) is 3.99. The number of ether oxygens (including phenoxy) is 1. The Balaban J connectivity index is 2.12. The Labute approximate surface area is 81.4 Å². The Hall–Kier alpha value is -0.120. The minimum absolute atomic E-state index is 0.682. The second-order valence-electron chi connectivity index (χ2n) is 3.99. The van der Waals surface area contributed by atoms with Gasteiger partial charge in [0.05, 0.1) is 6.61 Å². The van der Waals surface area contributed by atoms with Crippen LogP contribution in [0.15, 0.2) is 0 Å². The van der Waals surface area contributed by atoms with Crippen molar-refractivity contribution in [2.75, 3.05) is 40.9 Å². The third kappa shape index (κ3) is 4.07. The summed E-state index contributed by atoms with van der Waals surface area (Å²) in [5.41, 5.74) is 0. The van der Waals surface area contributed by atoms with E-state index in [0.29, 0.717) is 6.04 Å². The molecule has 0 spiro atoms. The molecule has 0 heterocycles. The van der Waals surface area contributed by atoms with Gasteiger partial charge >= 0.3 is 0 Å². The van der Waals surface area contributed by atoms with Crippen molar-refractivity contribution in [2.24, 2.45) is 5.92 Å². The quantitative estimate of drug-likeness (QED) is 0.629. The van der Waals surface area contributed by atoms with Crippen LogP contribution in [-0.2, 0) is 4.74 Å². The van der Waals surface area contributed by atoms with Crippen molar-refractivity contribution in [3.63, 3.8) is 0 Å². The van der Waals surface area contributed by atoms with Gasteiger partial charge in [-0.3, -0.25) is 0 Å². The summed E-state index contributed by atoms with van der Waals surface area (Å²) in [7, 11) is 5.98. The molecule has 0 aromatic heterocycles. The molecule has 0 aromatic rings. The Morgan fingerprint density at radius 1 is 1.54 bits per heavy atom. The van der Waals surface area contributed by atoms with Crippen molar-refractivity contribution in [3.05, 3.63) is 0 Å². The lowest BCUT2D eigenvalue weighted by atomic mass is 10.2. The molecule has 0 radical (unpaired) electrons. The fraction of sp³-hybridized carbons (Fsp3) is 1.00. The van der Waals surface area contributed by atoms with Crippen LogP contribution in [0.5, 0.6) is 0 Å². The van der Waals surface area contributed by atoms with Crippen molar-refractivity contribution in [3.8, 4) is 0 Å². The van der Waals surface area contributed by atoms with Gasteiger partial charge in [-0.1, -0.05) is 0 Å². The van der Waals surface area contributed by atoms with Crippen LogP contribution in [0.3, 0.4) is 0 Å². The summed E-state index contributed by atoms with van der Waals surface area (Å²) in [5.74, 6) is 0.926. The largest absolute Gasteiger partial charge is 0.383 e. The van der Waals surface area contributed by atoms with Crippen molar-refractivity contribution in [2.45, 2.75) is 18.9 Å². The number of nitrogens with zero attached hydrogens (tertiary/aromatic N) is 1. The van der Waals surface area contributed by atoms with E-state index < -0.39 is 0 Å². The third-order valence-corrected chi connectivity index (χ3v) is 2.75. The molecule has 0 aliphatic heterocycles. The highest BCUT2D eigenvalue weighted by Crippen LogP contribution is 2.32. The van der Waals surface area contributed by atoms with E-state index in [-0.39, 0.29) is 0 Å². The topological polar surface area (TPSA) is 24.5 Å². The standard InChI is InChI=1S/C10H22N2O/c1-11-10(9-4-5-9)8-12(2)6-7-13-3/h9-11H,4-8H2,1-3H3. The summed E-state index contributed by atoms with van der Waals surface area (Å²) < 4.78 is 5.04. The van der Waals surface area contributed by atoms with Crippen LogP contribution in [0.25, 0.3) is 0 Å². The van der Waals surface area contributed by atoms with Gasteiger partial charge in [-0.15, -0.1) is 0 Å². The van der Waals surface area contributed by atoms with Crippen LogP contribution in [0.2, 0.25) is 0 Å². The average molecular weight is 186 g/mol. The van der Waals surface area contributed by atoms with Crippen molar-refractivity contribution >= 4 is 0 Å². The van der Waals surface area contributed by atoms with E-state index in [9.17, 15) is 0 Å². The first kappa shape index (κ1) is 11.0. The van der Waals surface area contributed by atoms with Crippen LogP contribution in [0.1, 0.15) is 12.8 Å². The van der Waals surface area contributed by atoms with E-state index in [1.54, 1.807) is 7.11 Å². The van der Waals surface area contributed by atoms with Gasteiger partial charge in [0.2, 0.25) is 0 Å². The summed E-state index contributed by atoms with van der Waals surface area (Å²) in [6.07, 6.45) is 2.81. The summed E-state index contributed by atoms with van der Waals surface area (Å²) in [4.78, 5) is 2.34. The van der Waals surface area contributed by atoms with Crippen molar-refractivity contribution < 1.29 is 4.74 Å². The highest BCUT2D eigenvalue weighted by molar-refractivity contribution is 4.87. The van der Waals surface area contributed by atoms with E-state index in [2.05, 4.69) is 24.3 Å². The molecular formula is C10H22N2O. The Bertz CT molecular complexity index is 137. The molecule has 1 saturated carbocycles. The predicted octanol–water partition coefficient (Wildman–Crippen LogP) is 0.563. The number of hydrogen-bond donors (Lipinski definition) is 1. The molecule has 0 aromatic carbocycles. The van der Waals surface area contributed by atoms with E-state index in [0.717, 1.165) is 25.6 Å². The molecular weight excluding hydrogens is 164 g/mol. The van der Waals surface area contributed by atoms with Crippen LogP contribution in [0.4, 0.5) is 0 Å². The van der Waals surface area contributed by atoms with Crippen LogP contribution >= 0.6 is 0 Å². The minimum Gasteiger partial charge on any atom is -0.383 e. The maximum atomic E-state index is 5.04. The van der Waals surface area contributed by atoms with E-state index in [4.69, 9.17) is 4.74 Å². The van der Waals surface area contributed by atoms with Crippen LogP contribution in [0, 0.1) is 5.92 Å². The molecule has 1 aliphatic rings. The first-order valence-corrected chi connectivity index (χ1v) is 5.12. The normalized spacial score (nSPS) is 19.4. The monoisotopic (exact) mass is 186 g/mol. The fourth-order valence-corrected chi connectivity index (χ4v) is 1.65. The lowest BCUT2D eigenvalue weighted by molar-refractivity contribution is 0.154. The fourth-order valence-electron chi connectivity index (χ4n) is 1.65. The van der Waals surface area contributed by atoms with Crippen molar-refractivity contribution in [1.29, 1.82) is 0 Å². The SMILES string of the molecule is CNC(CN(C)CCOC)C1CC1. The zero-order valence-corrected chi connectivity index (χ0v) is 9.05. The molecule has 1 N–H and O–H groups in total. The number of likely N-dealkylation sites (N-methyl/N-ethyl adjacent to an activating group) is 2. The maximum Gasteiger partial charge on any atom is 0.0589 e. The minimum atomic E-state index is 0.682. The smallest absolute Gasteiger partial charge is 0.0589 e. The van der Waals surface area contributed by atoms with Gasteiger partial charge in [0.25, 0.3) is 0 Å². The molecule has 1 unspecified atom stereocenters. The first-order chi connectivity index (χ1) is 6.27. The summed E-state index contributed by atoms with van der Waals surface area (Å²) >= 11 is 0. The number of methoxy groups -OCH3 is 1. The molecule has 0 amide bonds. The third-order valence-electron chi connectivity index (χ3n) is 2.75. The number of rotatable bonds is 7. The highest BCUT2D eigenvalue weighted by Gasteiger charge is 2.30. The summed E-state index contributed by atoms with van der Waals surface area (Å²) in [6.45, 7) is 3.00. The zero-order chi connectivity index (χ0) is 9.68. The van der Waals surface area contributed by atoms with E-state index in [1.807, 2.05) is 0 Å². The van der Waals surface area contributed by atoms with Gasteiger partial charge in [0, 0.05) is 26.2 Å². The highest BCUT2D eigenvalue weighted by atomic mass is 16.5. The van der Waals surface area contributed by atoms with Crippen LogP contribution < -0.4 is 5.32 Å². The Morgan fingerprint density at radius 3 is 2.69 bits per heavy atom. The molecule has 0 bridgehead atoms. The van der Waals surface area contributed by atoms with Gasteiger partial charge in [-0.05, 0) is 32.9 Å². The second kappa shape index (κ2) is 5.58. The molecule has 13 heavy (non-hydrogen) atoms. The van der Waals surface area contributed by atoms with Crippen molar-refractivity contribution in [1.82, 2.24) is 10.2 Å². The van der Waals surface area contributed by atoms with Crippen LogP contribution in [-0.4, -0.2) is 51.8 Å². The molecule has 1 fully saturated rings. The van der Waals surface area contributed by atoms with E-state index >= 15 is 0 Å². The molecule has 3 nitrogen and oxygen atoms in total. The molecule has 1 aliphatic carbocycles. The van der Waals surface area contributed by atoms with Gasteiger partial charge < -0.3 is 15.0 Å². The Morgan fingerprint density at radius 2 is 2.23 bits per heavy atom. The number of nitrogens with one attached hydrogen (secondary N) is 1. The molecule has 78 valence electrons. The average Bonchev–Trinajstić information content (AvgIpc) is 2.94. The molecule has 1 rings (SSSR count). The van der Waals surface area contributed by atoms with Gasteiger partial charge in [0.1, 0.15) is 0 Å². The lowest BCUT2D eigenvalue weighted by Crippen LogP contribution is -2.40. The maximum absolute atomic E-state index is 5.04. The molecule has 0 saturated heterocycles. The molecule has 1 atom stereocenters. The predicted molar refractivity (Wildman–Crippen MR) is 54.9 cm³/mol. The number of hydrogen-bond acceptors (Lipinski definition) is 3. The van der Waals surface area contributed by atoms with Gasteiger partial charge in [-0.2, -0.15) is 0 Å². The molecule has 3 heteroatoms. The Kier molecular flexibility index (Phi) is 4.70. The summed E-state index contributed by atoms with van der Waals surface area (Å²) in [5, 5.41) is 3.39. The van der Waals surface area contributed by atoms with Gasteiger partial charge in [0.15, 0.2) is 0 Å². The first-order valence-electron chi connectivity index (χ1n) is 5.12. The van der Waals surface area contributed by atoms with Gasteiger partial charge in [-0.25, -0.2) is 0 Å². The lowest BCUT2D eigenvalue weighted by Gasteiger charge is -2.23.